The zero-order valence-electron chi connectivity index (χ0n) is 6.86. The Morgan fingerprint density at radius 1 is 1.69 bits per heavy atom. The number of H-pyrrole nitrogens is 1. The first kappa shape index (κ1) is 9.85. The molecule has 6 nitrogen and oxygen atoms in total. The Balaban J connectivity index is 2.16. The molecule has 0 saturated heterocycles. The predicted octanol–water partition coefficient (Wildman–Crippen LogP) is 0.344. The topological polar surface area (TPSA) is 105 Å². The third-order valence-corrected chi connectivity index (χ3v) is 2.18. The van der Waals surface area contributed by atoms with Crippen LogP contribution in [0.2, 0.25) is 0 Å². The minimum Gasteiger partial charge on any atom is -0.481 e. The van der Waals surface area contributed by atoms with Crippen LogP contribution in [0.25, 0.3) is 0 Å². The molecule has 1 heterocycles. The highest BCUT2D eigenvalue weighted by molar-refractivity contribution is 7.99. The first-order valence-corrected chi connectivity index (χ1v) is 4.69. The summed E-state index contributed by atoms with van der Waals surface area (Å²) in [5.41, 5.74) is 5.29. The number of nitrogens with two attached hydrogens (primary N) is 1. The standard InChI is InChI=1S/C6H10N4O2S/c7-5-8-6(10-9-5)13-3-1-2-4(11)12/h1-3H2,(H,11,12)(H3,7,8,9,10). The summed E-state index contributed by atoms with van der Waals surface area (Å²) in [6.45, 7) is 0. The Kier molecular flexibility index (Phi) is 3.56. The molecule has 0 saturated carbocycles. The highest BCUT2D eigenvalue weighted by atomic mass is 32.2. The first-order valence-electron chi connectivity index (χ1n) is 3.71. The highest BCUT2D eigenvalue weighted by Crippen LogP contribution is 2.14. The van der Waals surface area contributed by atoms with Crippen LogP contribution >= 0.6 is 11.8 Å². The predicted molar refractivity (Wildman–Crippen MR) is 48.4 cm³/mol. The first-order chi connectivity index (χ1) is 6.18. The number of nitrogen functional groups attached to an aromatic ring is 1. The van der Waals surface area contributed by atoms with Crippen molar-refractivity contribution in [1.29, 1.82) is 0 Å². The summed E-state index contributed by atoms with van der Waals surface area (Å²) in [6, 6.07) is 0. The summed E-state index contributed by atoms with van der Waals surface area (Å²) >= 11 is 1.39. The summed E-state index contributed by atoms with van der Waals surface area (Å²) in [5, 5.41) is 15.2. The molecule has 72 valence electrons. The van der Waals surface area contributed by atoms with Gasteiger partial charge in [-0.05, 0) is 6.42 Å². The zero-order chi connectivity index (χ0) is 9.68. The minimum atomic E-state index is -0.782. The van der Waals surface area contributed by atoms with Crippen molar-refractivity contribution in [2.45, 2.75) is 18.0 Å². The monoisotopic (exact) mass is 202 g/mol. The molecule has 13 heavy (non-hydrogen) atoms. The number of rotatable bonds is 5. The lowest BCUT2D eigenvalue weighted by Crippen LogP contribution is -1.94. The molecule has 1 aromatic heterocycles. The summed E-state index contributed by atoms with van der Waals surface area (Å²) in [6.07, 6.45) is 0.779. The van der Waals surface area contributed by atoms with E-state index in [1.54, 1.807) is 0 Å². The number of aliphatic carboxylic acids is 1. The molecular weight excluding hydrogens is 192 g/mol. The quantitative estimate of drug-likeness (QED) is 0.470. The highest BCUT2D eigenvalue weighted by Gasteiger charge is 2.01. The lowest BCUT2D eigenvalue weighted by atomic mass is 10.3. The number of hydrogen-bond donors (Lipinski definition) is 3. The van der Waals surface area contributed by atoms with Crippen LogP contribution in [0, 0.1) is 0 Å². The van der Waals surface area contributed by atoms with E-state index in [4.69, 9.17) is 10.8 Å². The Morgan fingerprint density at radius 2 is 2.46 bits per heavy atom. The van der Waals surface area contributed by atoms with Crippen LogP contribution in [0.5, 0.6) is 0 Å². The smallest absolute Gasteiger partial charge is 0.303 e. The van der Waals surface area contributed by atoms with Crippen LogP contribution in [0.15, 0.2) is 5.16 Å². The minimum absolute atomic E-state index is 0.174. The fourth-order valence-corrected chi connectivity index (χ4v) is 1.45. The van der Waals surface area contributed by atoms with E-state index >= 15 is 0 Å². The number of aromatic nitrogens is 3. The summed E-state index contributed by atoms with van der Waals surface area (Å²) < 4.78 is 0. The van der Waals surface area contributed by atoms with Crippen LogP contribution in [0.1, 0.15) is 12.8 Å². The second-order valence-electron chi connectivity index (χ2n) is 2.35. The van der Waals surface area contributed by atoms with Gasteiger partial charge in [0, 0.05) is 12.2 Å². The van der Waals surface area contributed by atoms with Crippen molar-refractivity contribution in [2.24, 2.45) is 0 Å². The second kappa shape index (κ2) is 4.70. The Morgan fingerprint density at radius 3 is 3.00 bits per heavy atom. The third-order valence-electron chi connectivity index (χ3n) is 1.25. The molecule has 0 bridgehead atoms. The maximum atomic E-state index is 10.1. The largest absolute Gasteiger partial charge is 0.481 e. The van der Waals surface area contributed by atoms with Gasteiger partial charge in [-0.15, -0.1) is 5.10 Å². The van der Waals surface area contributed by atoms with E-state index in [9.17, 15) is 4.79 Å². The molecule has 0 aliphatic rings. The fraction of sp³-hybridized carbons (Fsp3) is 0.500. The molecule has 0 atom stereocenters. The average Bonchev–Trinajstić information content (AvgIpc) is 2.45. The lowest BCUT2D eigenvalue weighted by molar-refractivity contribution is -0.137. The molecule has 0 unspecified atom stereocenters. The zero-order valence-corrected chi connectivity index (χ0v) is 7.67. The van der Waals surface area contributed by atoms with E-state index in [1.165, 1.54) is 11.8 Å². The van der Waals surface area contributed by atoms with Crippen molar-refractivity contribution in [3.05, 3.63) is 0 Å². The molecule has 0 radical (unpaired) electrons. The number of nitrogens with zero attached hydrogens (tertiary/aromatic N) is 2. The number of aromatic amines is 1. The summed E-state index contributed by atoms with van der Waals surface area (Å²) in [5.74, 6) is 0.180. The van der Waals surface area contributed by atoms with Gasteiger partial charge in [0.2, 0.25) is 11.1 Å². The van der Waals surface area contributed by atoms with Gasteiger partial charge in [-0.2, -0.15) is 4.98 Å². The molecule has 0 amide bonds. The van der Waals surface area contributed by atoms with Gasteiger partial charge in [-0.3, -0.25) is 4.79 Å². The number of hydrogen-bond acceptors (Lipinski definition) is 5. The van der Waals surface area contributed by atoms with Gasteiger partial charge in [-0.1, -0.05) is 11.8 Å². The van der Waals surface area contributed by atoms with Gasteiger partial charge < -0.3 is 10.8 Å². The number of carbonyl (C=O) groups is 1. The van der Waals surface area contributed by atoms with Crippen molar-refractivity contribution >= 4 is 23.7 Å². The average molecular weight is 202 g/mol. The fourth-order valence-electron chi connectivity index (χ4n) is 0.710. The number of carboxylic acid groups (broad SMARTS) is 1. The van der Waals surface area contributed by atoms with Crippen LogP contribution < -0.4 is 5.73 Å². The molecule has 0 spiro atoms. The Labute approximate surface area is 78.9 Å². The van der Waals surface area contributed by atoms with Crippen molar-refractivity contribution in [3.8, 4) is 0 Å². The van der Waals surface area contributed by atoms with Crippen LogP contribution in [-0.4, -0.2) is 32.0 Å². The molecule has 7 heteroatoms. The maximum absolute atomic E-state index is 10.1. The van der Waals surface area contributed by atoms with Gasteiger partial charge in [0.25, 0.3) is 0 Å². The number of thioether (sulfide) groups is 1. The lowest BCUT2D eigenvalue weighted by Gasteiger charge is -1.93. The summed E-state index contributed by atoms with van der Waals surface area (Å²) in [4.78, 5) is 14.0. The van der Waals surface area contributed by atoms with Gasteiger partial charge >= 0.3 is 5.97 Å². The number of anilines is 1. The van der Waals surface area contributed by atoms with E-state index in [1.807, 2.05) is 0 Å². The molecule has 1 aromatic rings. The van der Waals surface area contributed by atoms with Gasteiger partial charge in [0.1, 0.15) is 0 Å². The molecular formula is C6H10N4O2S. The molecule has 4 N–H and O–H groups in total. The van der Waals surface area contributed by atoms with Crippen LogP contribution in [0.4, 0.5) is 5.95 Å². The van der Waals surface area contributed by atoms with E-state index in [0.717, 1.165) is 0 Å². The van der Waals surface area contributed by atoms with Gasteiger partial charge in [0.05, 0.1) is 0 Å². The number of carboxylic acids is 1. The van der Waals surface area contributed by atoms with Crippen molar-refractivity contribution in [1.82, 2.24) is 15.2 Å². The van der Waals surface area contributed by atoms with Crippen LogP contribution in [0.3, 0.4) is 0 Å². The molecule has 0 fully saturated rings. The molecule has 0 aliphatic heterocycles. The second-order valence-corrected chi connectivity index (χ2v) is 3.41. The van der Waals surface area contributed by atoms with E-state index in [-0.39, 0.29) is 12.4 Å². The van der Waals surface area contributed by atoms with E-state index in [2.05, 4.69) is 15.2 Å². The van der Waals surface area contributed by atoms with Gasteiger partial charge in [0.15, 0.2) is 0 Å². The third kappa shape index (κ3) is 3.79. The van der Waals surface area contributed by atoms with Crippen LogP contribution in [-0.2, 0) is 4.79 Å². The van der Waals surface area contributed by atoms with E-state index < -0.39 is 5.97 Å². The molecule has 0 aromatic carbocycles. The maximum Gasteiger partial charge on any atom is 0.303 e. The van der Waals surface area contributed by atoms with E-state index in [0.29, 0.717) is 17.3 Å². The number of nitrogens with one attached hydrogen (secondary N) is 1. The normalized spacial score (nSPS) is 10.2. The van der Waals surface area contributed by atoms with Crippen molar-refractivity contribution in [3.63, 3.8) is 0 Å². The Bertz CT molecular complexity index is 288. The molecule has 1 rings (SSSR count). The SMILES string of the molecule is Nc1nc(SCCCC(=O)O)n[nH]1. The van der Waals surface area contributed by atoms with Crippen molar-refractivity contribution < 1.29 is 9.90 Å². The van der Waals surface area contributed by atoms with Gasteiger partial charge in [-0.25, -0.2) is 5.10 Å². The van der Waals surface area contributed by atoms with Crippen molar-refractivity contribution in [2.75, 3.05) is 11.5 Å². The molecule has 0 aliphatic carbocycles. The summed E-state index contributed by atoms with van der Waals surface area (Å²) in [7, 11) is 0. The Hall–Kier alpha value is -1.24.